The predicted molar refractivity (Wildman–Crippen MR) is 127 cm³/mol. The molecule has 0 bridgehead atoms. The van der Waals surface area contributed by atoms with Crippen molar-refractivity contribution in [2.75, 3.05) is 19.5 Å². The highest BCUT2D eigenvalue weighted by molar-refractivity contribution is 7.98. The lowest BCUT2D eigenvalue weighted by atomic mass is 10.1. The number of benzene rings is 2. The highest BCUT2D eigenvalue weighted by Crippen LogP contribution is 2.28. The first-order valence-electron chi connectivity index (χ1n) is 10.7. The molecule has 0 atom stereocenters. The Morgan fingerprint density at radius 3 is 2.58 bits per heavy atom. The van der Waals surface area contributed by atoms with Crippen molar-refractivity contribution in [1.82, 2.24) is 14.9 Å². The molecule has 0 saturated carbocycles. The molecule has 0 amide bonds. The van der Waals surface area contributed by atoms with Crippen LogP contribution in [0.15, 0.2) is 58.8 Å². The molecule has 0 unspecified atom stereocenters. The summed E-state index contributed by atoms with van der Waals surface area (Å²) < 4.78 is 13.5. The maximum Gasteiger partial charge on any atom is 0.211 e. The summed E-state index contributed by atoms with van der Waals surface area (Å²) in [5.74, 6) is 2.31. The van der Waals surface area contributed by atoms with Crippen LogP contribution < -0.4 is 9.47 Å². The van der Waals surface area contributed by atoms with Crippen LogP contribution in [0.3, 0.4) is 0 Å². The average molecular weight is 439 g/mol. The van der Waals surface area contributed by atoms with Gasteiger partial charge in [0.25, 0.3) is 0 Å². The lowest BCUT2D eigenvalue weighted by Crippen LogP contribution is -2.03. The second kappa shape index (κ2) is 12.2. The fourth-order valence-corrected chi connectivity index (χ4v) is 3.53. The minimum absolute atomic E-state index is 0.579. The van der Waals surface area contributed by atoms with Crippen LogP contribution in [-0.4, -0.2) is 40.6 Å². The van der Waals surface area contributed by atoms with Gasteiger partial charge in [0.2, 0.25) is 5.16 Å². The molecule has 7 heteroatoms. The molecule has 0 aliphatic heterocycles. The van der Waals surface area contributed by atoms with Gasteiger partial charge in [-0.1, -0.05) is 61.9 Å². The summed E-state index contributed by atoms with van der Waals surface area (Å²) in [5.41, 5.74) is 2.10. The maximum atomic E-state index is 5.92. The molecule has 0 aliphatic carbocycles. The van der Waals surface area contributed by atoms with Crippen LogP contribution in [0.5, 0.6) is 11.5 Å². The second-order valence-electron chi connectivity index (χ2n) is 7.02. The monoisotopic (exact) mass is 438 g/mol. The highest BCUT2D eigenvalue weighted by Gasteiger charge is 2.12. The molecule has 0 aliphatic rings. The summed E-state index contributed by atoms with van der Waals surface area (Å²) in [6, 6.07) is 16.1. The predicted octanol–water partition coefficient (Wildman–Crippen LogP) is 5.44. The van der Waals surface area contributed by atoms with Gasteiger partial charge in [-0.2, -0.15) is 9.78 Å². The number of rotatable bonds is 12. The molecule has 1 heterocycles. The van der Waals surface area contributed by atoms with Crippen molar-refractivity contribution < 1.29 is 9.47 Å². The SMILES string of the molecule is CCCCCOc1ccc(/C=N\n2c(Cc3ccccc3)nnc2SC)cc1OCC. The van der Waals surface area contributed by atoms with E-state index in [0.29, 0.717) is 19.6 Å². The third-order valence-corrected chi connectivity index (χ3v) is 5.28. The first-order valence-corrected chi connectivity index (χ1v) is 11.9. The number of hydrogen-bond acceptors (Lipinski definition) is 6. The lowest BCUT2D eigenvalue weighted by molar-refractivity contribution is 0.271. The molecule has 2 aromatic carbocycles. The van der Waals surface area contributed by atoms with Crippen molar-refractivity contribution in [3.8, 4) is 11.5 Å². The number of ether oxygens (including phenoxy) is 2. The van der Waals surface area contributed by atoms with Gasteiger partial charge in [-0.05, 0) is 48.9 Å². The van der Waals surface area contributed by atoms with E-state index in [2.05, 4.69) is 34.4 Å². The molecule has 0 spiro atoms. The Morgan fingerprint density at radius 2 is 1.84 bits per heavy atom. The Kier molecular flexibility index (Phi) is 8.97. The second-order valence-corrected chi connectivity index (χ2v) is 7.79. The fourth-order valence-electron chi connectivity index (χ4n) is 3.08. The molecule has 0 N–H and O–H groups in total. The van der Waals surface area contributed by atoms with Crippen LogP contribution >= 0.6 is 11.8 Å². The molecule has 3 rings (SSSR count). The van der Waals surface area contributed by atoms with Gasteiger partial charge in [-0.3, -0.25) is 0 Å². The van der Waals surface area contributed by atoms with Crippen molar-refractivity contribution in [2.45, 2.75) is 44.7 Å². The number of unbranched alkanes of at least 4 members (excludes halogenated alkanes) is 2. The van der Waals surface area contributed by atoms with E-state index in [-0.39, 0.29) is 0 Å². The van der Waals surface area contributed by atoms with E-state index in [1.54, 1.807) is 10.9 Å². The molecule has 3 aromatic rings. The summed E-state index contributed by atoms with van der Waals surface area (Å²) >= 11 is 1.52. The van der Waals surface area contributed by atoms with Gasteiger partial charge < -0.3 is 9.47 Å². The number of aromatic nitrogens is 3. The summed E-state index contributed by atoms with van der Waals surface area (Å²) in [5, 5.41) is 14.0. The van der Waals surface area contributed by atoms with E-state index < -0.39 is 0 Å². The van der Waals surface area contributed by atoms with E-state index >= 15 is 0 Å². The zero-order chi connectivity index (χ0) is 21.9. The third kappa shape index (κ3) is 6.59. The Hall–Kier alpha value is -2.80. The molecule has 1 aromatic heterocycles. The van der Waals surface area contributed by atoms with Crippen LogP contribution in [0.2, 0.25) is 0 Å². The third-order valence-electron chi connectivity index (χ3n) is 4.66. The van der Waals surface area contributed by atoms with Gasteiger partial charge in [0.1, 0.15) is 0 Å². The first-order chi connectivity index (χ1) is 15.2. The van der Waals surface area contributed by atoms with Crippen LogP contribution in [0.4, 0.5) is 0 Å². The standard InChI is InChI=1S/C24H30N4O2S/c1-4-6-10-15-30-21-14-13-20(16-22(21)29-5-2)18-25-28-23(26-27-24(28)31-3)17-19-11-8-7-9-12-19/h7-9,11-14,16,18H,4-6,10,15,17H2,1-3H3/b25-18-. The van der Waals surface area contributed by atoms with Crippen molar-refractivity contribution in [3.05, 3.63) is 65.5 Å². The molecular formula is C24H30N4O2S. The fraction of sp³-hybridized carbons (Fsp3) is 0.375. The first kappa shape index (κ1) is 22.9. The van der Waals surface area contributed by atoms with Crippen molar-refractivity contribution in [1.29, 1.82) is 0 Å². The van der Waals surface area contributed by atoms with Gasteiger partial charge >= 0.3 is 0 Å². The van der Waals surface area contributed by atoms with Crippen molar-refractivity contribution in [3.63, 3.8) is 0 Å². The largest absolute Gasteiger partial charge is 0.490 e. The Balaban J connectivity index is 1.79. The Bertz CT molecular complexity index is 973. The van der Waals surface area contributed by atoms with Gasteiger partial charge in [-0.25, -0.2) is 0 Å². The van der Waals surface area contributed by atoms with E-state index in [1.165, 1.54) is 23.7 Å². The molecule has 0 saturated heterocycles. The smallest absolute Gasteiger partial charge is 0.211 e. The summed E-state index contributed by atoms with van der Waals surface area (Å²) in [4.78, 5) is 0. The zero-order valence-corrected chi connectivity index (χ0v) is 19.3. The number of hydrogen-bond donors (Lipinski definition) is 0. The summed E-state index contributed by atoms with van der Waals surface area (Å²) in [7, 11) is 0. The van der Waals surface area contributed by atoms with Crippen molar-refractivity contribution >= 4 is 18.0 Å². The van der Waals surface area contributed by atoms with Crippen LogP contribution in [-0.2, 0) is 6.42 Å². The van der Waals surface area contributed by atoms with E-state index in [0.717, 1.165) is 40.9 Å². The quantitative estimate of drug-likeness (QED) is 0.214. The van der Waals surface area contributed by atoms with Gasteiger partial charge in [0, 0.05) is 6.42 Å². The van der Waals surface area contributed by atoms with E-state index in [9.17, 15) is 0 Å². The molecular weight excluding hydrogens is 408 g/mol. The van der Waals surface area contributed by atoms with E-state index in [4.69, 9.17) is 9.47 Å². The van der Waals surface area contributed by atoms with Crippen LogP contribution in [0.1, 0.15) is 50.1 Å². The lowest BCUT2D eigenvalue weighted by Gasteiger charge is -2.12. The van der Waals surface area contributed by atoms with Crippen LogP contribution in [0, 0.1) is 0 Å². The topological polar surface area (TPSA) is 61.5 Å². The van der Waals surface area contributed by atoms with Gasteiger partial charge in [0.05, 0.1) is 19.4 Å². The maximum absolute atomic E-state index is 5.92. The Morgan fingerprint density at radius 1 is 1.00 bits per heavy atom. The highest BCUT2D eigenvalue weighted by atomic mass is 32.2. The van der Waals surface area contributed by atoms with Gasteiger partial charge in [0.15, 0.2) is 17.3 Å². The summed E-state index contributed by atoms with van der Waals surface area (Å²) in [6.45, 7) is 5.43. The van der Waals surface area contributed by atoms with E-state index in [1.807, 2.05) is 49.6 Å². The molecule has 0 radical (unpaired) electrons. The molecule has 6 nitrogen and oxygen atoms in total. The summed E-state index contributed by atoms with van der Waals surface area (Å²) in [6.07, 6.45) is 7.82. The normalized spacial score (nSPS) is 11.2. The van der Waals surface area contributed by atoms with Crippen molar-refractivity contribution in [2.24, 2.45) is 5.10 Å². The average Bonchev–Trinajstić information content (AvgIpc) is 3.18. The van der Waals surface area contributed by atoms with Crippen LogP contribution in [0.25, 0.3) is 0 Å². The molecule has 0 fully saturated rings. The molecule has 164 valence electrons. The minimum atomic E-state index is 0.579. The number of thioether (sulfide) groups is 1. The minimum Gasteiger partial charge on any atom is -0.490 e. The zero-order valence-electron chi connectivity index (χ0n) is 18.5. The Labute approximate surface area is 188 Å². The number of nitrogens with zero attached hydrogens (tertiary/aromatic N) is 4. The molecule has 31 heavy (non-hydrogen) atoms. The van der Waals surface area contributed by atoms with Gasteiger partial charge in [-0.15, -0.1) is 10.2 Å².